The Morgan fingerprint density at radius 3 is 2.35 bits per heavy atom. The number of rotatable bonds is 3. The van der Waals surface area contributed by atoms with Gasteiger partial charge in [-0.25, -0.2) is 0 Å². The van der Waals surface area contributed by atoms with Gasteiger partial charge in [-0.3, -0.25) is 9.59 Å². The van der Waals surface area contributed by atoms with E-state index >= 15 is 0 Å². The number of aromatic nitrogens is 1. The van der Waals surface area contributed by atoms with Gasteiger partial charge in [-0.2, -0.15) is 0 Å². The van der Waals surface area contributed by atoms with Crippen LogP contribution in [0.2, 0.25) is 0 Å². The standard InChI is InChI=1S/C19H21N3O3S/c1-13(2)22-11-14-10-16(26-17(14)12-22)19(24)21-7-5-20(6-8-21)18(23)15-4-3-9-25-15/h3-4,9-13H,5-8H2,1-2H3. The summed E-state index contributed by atoms with van der Waals surface area (Å²) in [5.41, 5.74) is 0. The first kappa shape index (κ1) is 16.9. The van der Waals surface area contributed by atoms with Crippen molar-refractivity contribution in [2.45, 2.75) is 19.9 Å². The molecule has 0 aromatic carbocycles. The summed E-state index contributed by atoms with van der Waals surface area (Å²) in [6, 6.07) is 5.76. The highest BCUT2D eigenvalue weighted by atomic mass is 32.1. The fourth-order valence-electron chi connectivity index (χ4n) is 3.18. The van der Waals surface area contributed by atoms with E-state index in [0.29, 0.717) is 38.0 Å². The molecule has 136 valence electrons. The maximum atomic E-state index is 12.8. The van der Waals surface area contributed by atoms with E-state index in [1.807, 2.05) is 11.0 Å². The second-order valence-electron chi connectivity index (χ2n) is 6.79. The predicted octanol–water partition coefficient (Wildman–Crippen LogP) is 3.47. The van der Waals surface area contributed by atoms with Gasteiger partial charge in [-0.1, -0.05) is 0 Å². The van der Waals surface area contributed by atoms with Crippen LogP contribution in [0.15, 0.2) is 41.3 Å². The highest BCUT2D eigenvalue weighted by Gasteiger charge is 2.27. The van der Waals surface area contributed by atoms with Gasteiger partial charge in [0.05, 0.1) is 15.8 Å². The van der Waals surface area contributed by atoms with Crippen molar-refractivity contribution in [3.8, 4) is 0 Å². The van der Waals surface area contributed by atoms with Gasteiger partial charge >= 0.3 is 0 Å². The SMILES string of the molecule is CC(C)n1cc2cc(C(=O)N3CCN(C(=O)c4ccco4)CC3)sc2c1. The molecule has 26 heavy (non-hydrogen) atoms. The molecule has 0 bridgehead atoms. The molecule has 3 aromatic rings. The number of fused-ring (bicyclic) bond motifs is 1. The molecule has 0 atom stereocenters. The molecule has 1 aliphatic rings. The quantitative estimate of drug-likeness (QED) is 0.708. The Hall–Kier alpha value is -2.54. The molecule has 2 amide bonds. The fraction of sp³-hybridized carbons (Fsp3) is 0.368. The summed E-state index contributed by atoms with van der Waals surface area (Å²) in [6.07, 6.45) is 5.69. The predicted molar refractivity (Wildman–Crippen MR) is 101 cm³/mol. The molecule has 1 fully saturated rings. The van der Waals surface area contributed by atoms with Gasteiger partial charge in [0.25, 0.3) is 11.8 Å². The molecule has 4 rings (SSSR count). The number of hydrogen-bond donors (Lipinski definition) is 0. The highest BCUT2D eigenvalue weighted by Crippen LogP contribution is 2.29. The van der Waals surface area contributed by atoms with Crippen LogP contribution in [0.5, 0.6) is 0 Å². The molecule has 0 spiro atoms. The van der Waals surface area contributed by atoms with Crippen LogP contribution in [-0.2, 0) is 0 Å². The average molecular weight is 371 g/mol. The zero-order valence-electron chi connectivity index (χ0n) is 14.8. The van der Waals surface area contributed by atoms with E-state index < -0.39 is 0 Å². The molecule has 1 saturated heterocycles. The molecule has 7 heteroatoms. The van der Waals surface area contributed by atoms with Crippen LogP contribution in [0.1, 0.15) is 40.1 Å². The van der Waals surface area contributed by atoms with Crippen LogP contribution in [0.25, 0.3) is 10.1 Å². The summed E-state index contributed by atoms with van der Waals surface area (Å²) in [5.74, 6) is 0.280. The van der Waals surface area contributed by atoms with Crippen LogP contribution in [0, 0.1) is 0 Å². The second kappa shape index (κ2) is 6.64. The van der Waals surface area contributed by atoms with Crippen molar-refractivity contribution in [3.63, 3.8) is 0 Å². The molecular weight excluding hydrogens is 350 g/mol. The maximum Gasteiger partial charge on any atom is 0.289 e. The van der Waals surface area contributed by atoms with E-state index in [1.165, 1.54) is 17.6 Å². The minimum Gasteiger partial charge on any atom is -0.459 e. The summed E-state index contributed by atoms with van der Waals surface area (Å²) in [4.78, 5) is 29.4. The highest BCUT2D eigenvalue weighted by molar-refractivity contribution is 7.20. The summed E-state index contributed by atoms with van der Waals surface area (Å²) in [7, 11) is 0. The summed E-state index contributed by atoms with van der Waals surface area (Å²) in [6.45, 7) is 6.41. The summed E-state index contributed by atoms with van der Waals surface area (Å²) < 4.78 is 8.47. The Morgan fingerprint density at radius 1 is 1.08 bits per heavy atom. The molecule has 0 N–H and O–H groups in total. The molecule has 0 aliphatic carbocycles. The normalized spacial score (nSPS) is 15.2. The number of thiophene rings is 1. The number of carbonyl (C=O) groups excluding carboxylic acids is 2. The van der Waals surface area contributed by atoms with Gasteiger partial charge in [0.2, 0.25) is 0 Å². The number of furan rings is 1. The van der Waals surface area contributed by atoms with Gasteiger partial charge in [-0.05, 0) is 32.0 Å². The third-order valence-electron chi connectivity index (χ3n) is 4.74. The molecule has 0 radical (unpaired) electrons. The largest absolute Gasteiger partial charge is 0.459 e. The van der Waals surface area contributed by atoms with Crippen molar-refractivity contribution < 1.29 is 14.0 Å². The summed E-state index contributed by atoms with van der Waals surface area (Å²) in [5, 5.41) is 1.11. The molecular formula is C19H21N3O3S. The lowest BCUT2D eigenvalue weighted by atomic mass is 10.2. The van der Waals surface area contributed by atoms with Gasteiger partial charge in [0.15, 0.2) is 5.76 Å². The van der Waals surface area contributed by atoms with E-state index in [0.717, 1.165) is 15.0 Å². The van der Waals surface area contributed by atoms with Crippen molar-refractivity contribution >= 4 is 33.2 Å². The van der Waals surface area contributed by atoms with E-state index in [9.17, 15) is 9.59 Å². The van der Waals surface area contributed by atoms with Crippen molar-refractivity contribution in [1.29, 1.82) is 0 Å². The Bertz CT molecular complexity index is 899. The first-order chi connectivity index (χ1) is 12.5. The smallest absolute Gasteiger partial charge is 0.289 e. The second-order valence-corrected chi connectivity index (χ2v) is 7.87. The molecule has 0 unspecified atom stereocenters. The van der Waals surface area contributed by atoms with Crippen LogP contribution in [-0.4, -0.2) is 52.4 Å². The number of nitrogens with zero attached hydrogens (tertiary/aromatic N) is 3. The molecule has 1 aliphatic heterocycles. The lowest BCUT2D eigenvalue weighted by Gasteiger charge is -2.34. The van der Waals surface area contributed by atoms with Crippen molar-refractivity contribution in [1.82, 2.24) is 14.4 Å². The first-order valence-electron chi connectivity index (χ1n) is 8.76. The lowest BCUT2D eigenvalue weighted by molar-refractivity contribution is 0.0520. The Morgan fingerprint density at radius 2 is 1.77 bits per heavy atom. The minimum atomic E-state index is -0.116. The van der Waals surface area contributed by atoms with Gasteiger partial charge in [-0.15, -0.1) is 11.3 Å². The molecule has 6 nitrogen and oxygen atoms in total. The van der Waals surface area contributed by atoms with Gasteiger partial charge in [0, 0.05) is 50.0 Å². The van der Waals surface area contributed by atoms with Gasteiger partial charge < -0.3 is 18.8 Å². The maximum absolute atomic E-state index is 12.8. The Labute approximate surface area is 155 Å². The number of hydrogen-bond acceptors (Lipinski definition) is 4. The lowest BCUT2D eigenvalue weighted by Crippen LogP contribution is -2.50. The average Bonchev–Trinajstić information content (AvgIpc) is 3.36. The topological polar surface area (TPSA) is 58.7 Å². The molecule has 4 heterocycles. The molecule has 0 saturated carbocycles. The Kier molecular flexibility index (Phi) is 4.32. The van der Waals surface area contributed by atoms with Crippen molar-refractivity contribution in [3.05, 3.63) is 47.5 Å². The minimum absolute atomic E-state index is 0.0485. The first-order valence-corrected chi connectivity index (χ1v) is 9.57. The summed E-state index contributed by atoms with van der Waals surface area (Å²) >= 11 is 1.53. The van der Waals surface area contributed by atoms with Crippen molar-refractivity contribution in [2.75, 3.05) is 26.2 Å². The third-order valence-corrected chi connectivity index (χ3v) is 5.81. The Balaban J connectivity index is 1.42. The van der Waals surface area contributed by atoms with E-state index in [1.54, 1.807) is 17.0 Å². The van der Waals surface area contributed by atoms with Crippen LogP contribution in [0.4, 0.5) is 0 Å². The van der Waals surface area contributed by atoms with Crippen LogP contribution >= 0.6 is 11.3 Å². The van der Waals surface area contributed by atoms with E-state index in [-0.39, 0.29) is 11.8 Å². The monoisotopic (exact) mass is 371 g/mol. The van der Waals surface area contributed by atoms with E-state index in [2.05, 4.69) is 30.8 Å². The number of piperazine rings is 1. The number of amides is 2. The van der Waals surface area contributed by atoms with E-state index in [4.69, 9.17) is 4.42 Å². The van der Waals surface area contributed by atoms with Crippen LogP contribution < -0.4 is 0 Å². The zero-order valence-corrected chi connectivity index (χ0v) is 15.7. The van der Waals surface area contributed by atoms with Crippen LogP contribution in [0.3, 0.4) is 0 Å². The third kappa shape index (κ3) is 3.03. The fourth-order valence-corrected chi connectivity index (χ4v) is 4.23. The number of carbonyl (C=O) groups is 2. The van der Waals surface area contributed by atoms with Crippen molar-refractivity contribution in [2.24, 2.45) is 0 Å². The molecule has 3 aromatic heterocycles. The zero-order chi connectivity index (χ0) is 18.3. The van der Waals surface area contributed by atoms with Gasteiger partial charge in [0.1, 0.15) is 0 Å².